The van der Waals surface area contributed by atoms with Crippen molar-refractivity contribution in [3.63, 3.8) is 0 Å². The first-order chi connectivity index (χ1) is 14.2. The Hall–Kier alpha value is -2.93. The van der Waals surface area contributed by atoms with Crippen LogP contribution in [0.5, 0.6) is 0 Å². The summed E-state index contributed by atoms with van der Waals surface area (Å²) in [6.07, 6.45) is 0.263. The van der Waals surface area contributed by atoms with E-state index in [1.54, 1.807) is 50.2 Å². The SMILES string of the molecule is CC(C)[C@H](NC(=O)c1ccc(Cl)cc1)C(=O)NC[C@H](Cc1ccc(F)cc1)C(N)=O. The molecule has 6 nitrogen and oxygen atoms in total. The summed E-state index contributed by atoms with van der Waals surface area (Å²) in [6, 6.07) is 11.2. The van der Waals surface area contributed by atoms with Crippen molar-refractivity contribution in [3.8, 4) is 0 Å². The van der Waals surface area contributed by atoms with E-state index in [1.807, 2.05) is 0 Å². The smallest absolute Gasteiger partial charge is 0.251 e. The number of hydrogen-bond donors (Lipinski definition) is 3. The summed E-state index contributed by atoms with van der Waals surface area (Å²) >= 11 is 5.83. The molecule has 0 spiro atoms. The number of benzene rings is 2. The van der Waals surface area contributed by atoms with E-state index >= 15 is 0 Å². The van der Waals surface area contributed by atoms with E-state index in [9.17, 15) is 18.8 Å². The zero-order valence-corrected chi connectivity index (χ0v) is 17.6. The monoisotopic (exact) mass is 433 g/mol. The van der Waals surface area contributed by atoms with E-state index in [0.29, 0.717) is 10.6 Å². The first-order valence-electron chi connectivity index (χ1n) is 9.55. The number of hydrogen-bond acceptors (Lipinski definition) is 3. The third-order valence-electron chi connectivity index (χ3n) is 4.66. The zero-order chi connectivity index (χ0) is 22.3. The first kappa shape index (κ1) is 23.3. The van der Waals surface area contributed by atoms with Crippen LogP contribution < -0.4 is 16.4 Å². The van der Waals surface area contributed by atoms with Crippen molar-refractivity contribution in [2.45, 2.75) is 26.3 Å². The molecule has 0 heterocycles. The molecular weight excluding hydrogens is 409 g/mol. The molecule has 0 radical (unpaired) electrons. The summed E-state index contributed by atoms with van der Waals surface area (Å²) in [5, 5.41) is 5.91. The van der Waals surface area contributed by atoms with Gasteiger partial charge < -0.3 is 16.4 Å². The van der Waals surface area contributed by atoms with Crippen LogP contribution in [0.15, 0.2) is 48.5 Å². The molecule has 3 amide bonds. The summed E-state index contributed by atoms with van der Waals surface area (Å²) in [4.78, 5) is 36.9. The Kier molecular flexibility index (Phi) is 8.35. The molecule has 2 rings (SSSR count). The Labute approximate surface area is 180 Å². The minimum Gasteiger partial charge on any atom is -0.369 e. The van der Waals surface area contributed by atoms with Gasteiger partial charge in [-0.15, -0.1) is 0 Å². The van der Waals surface area contributed by atoms with Crippen molar-refractivity contribution in [1.82, 2.24) is 10.6 Å². The van der Waals surface area contributed by atoms with Gasteiger partial charge in [0, 0.05) is 17.1 Å². The van der Waals surface area contributed by atoms with Crippen molar-refractivity contribution < 1.29 is 18.8 Å². The van der Waals surface area contributed by atoms with E-state index < -0.39 is 29.7 Å². The minimum absolute atomic E-state index is 0.00553. The van der Waals surface area contributed by atoms with Gasteiger partial charge in [-0.05, 0) is 54.3 Å². The molecule has 2 aromatic carbocycles. The van der Waals surface area contributed by atoms with Gasteiger partial charge in [-0.3, -0.25) is 14.4 Å². The fourth-order valence-electron chi connectivity index (χ4n) is 2.87. The molecule has 0 fully saturated rings. The van der Waals surface area contributed by atoms with Crippen LogP contribution in [0.1, 0.15) is 29.8 Å². The highest BCUT2D eigenvalue weighted by Crippen LogP contribution is 2.12. The Morgan fingerprint density at radius 2 is 1.63 bits per heavy atom. The lowest BCUT2D eigenvalue weighted by Gasteiger charge is -2.23. The van der Waals surface area contributed by atoms with E-state index in [2.05, 4.69) is 10.6 Å². The Balaban J connectivity index is 2.00. The van der Waals surface area contributed by atoms with Crippen LogP contribution in [0, 0.1) is 17.7 Å². The normalized spacial score (nSPS) is 12.8. The Morgan fingerprint density at radius 1 is 1.03 bits per heavy atom. The van der Waals surface area contributed by atoms with Gasteiger partial charge in [0.15, 0.2) is 0 Å². The lowest BCUT2D eigenvalue weighted by Crippen LogP contribution is -2.51. The van der Waals surface area contributed by atoms with Crippen LogP contribution >= 0.6 is 11.6 Å². The van der Waals surface area contributed by atoms with Gasteiger partial charge in [0.05, 0.1) is 5.92 Å². The average Bonchev–Trinajstić information content (AvgIpc) is 2.70. The van der Waals surface area contributed by atoms with E-state index in [1.165, 1.54) is 12.1 Å². The van der Waals surface area contributed by atoms with Gasteiger partial charge in [-0.25, -0.2) is 4.39 Å². The molecule has 8 heteroatoms. The molecule has 0 aliphatic carbocycles. The number of rotatable bonds is 9. The quantitative estimate of drug-likeness (QED) is 0.566. The maximum atomic E-state index is 13.1. The summed E-state index contributed by atoms with van der Waals surface area (Å²) in [5.74, 6) is -2.63. The minimum atomic E-state index is -0.799. The molecule has 0 bridgehead atoms. The van der Waals surface area contributed by atoms with Crippen LogP contribution in [0.25, 0.3) is 0 Å². The summed E-state index contributed by atoms with van der Waals surface area (Å²) in [5.41, 5.74) is 6.57. The molecule has 0 saturated heterocycles. The first-order valence-corrected chi connectivity index (χ1v) is 9.93. The number of amides is 3. The van der Waals surface area contributed by atoms with Crippen LogP contribution in [0.2, 0.25) is 5.02 Å². The summed E-state index contributed by atoms with van der Waals surface area (Å²) < 4.78 is 13.1. The molecule has 160 valence electrons. The van der Waals surface area contributed by atoms with Gasteiger partial charge in [0.25, 0.3) is 5.91 Å². The van der Waals surface area contributed by atoms with Crippen LogP contribution in [-0.4, -0.2) is 30.3 Å². The second-order valence-corrected chi connectivity index (χ2v) is 7.81. The zero-order valence-electron chi connectivity index (χ0n) is 16.8. The Morgan fingerprint density at radius 3 is 2.17 bits per heavy atom. The number of halogens is 2. The van der Waals surface area contributed by atoms with Crippen molar-refractivity contribution in [3.05, 3.63) is 70.5 Å². The predicted molar refractivity (Wildman–Crippen MR) is 113 cm³/mol. The highest BCUT2D eigenvalue weighted by Gasteiger charge is 2.26. The number of nitrogens with two attached hydrogens (primary N) is 1. The third kappa shape index (κ3) is 6.84. The second-order valence-electron chi connectivity index (χ2n) is 7.38. The lowest BCUT2D eigenvalue weighted by molar-refractivity contribution is -0.125. The van der Waals surface area contributed by atoms with Crippen molar-refractivity contribution in [2.24, 2.45) is 17.6 Å². The molecule has 0 aliphatic heterocycles. The van der Waals surface area contributed by atoms with Crippen molar-refractivity contribution in [1.29, 1.82) is 0 Å². The van der Waals surface area contributed by atoms with Crippen LogP contribution in [0.4, 0.5) is 4.39 Å². The van der Waals surface area contributed by atoms with Gasteiger partial charge in [-0.1, -0.05) is 37.6 Å². The second kappa shape index (κ2) is 10.7. The van der Waals surface area contributed by atoms with Crippen LogP contribution in [0.3, 0.4) is 0 Å². The van der Waals surface area contributed by atoms with Gasteiger partial charge >= 0.3 is 0 Å². The molecule has 0 aromatic heterocycles. The largest absolute Gasteiger partial charge is 0.369 e. The molecule has 2 atom stereocenters. The average molecular weight is 434 g/mol. The highest BCUT2D eigenvalue weighted by atomic mass is 35.5. The molecule has 2 aromatic rings. The molecule has 4 N–H and O–H groups in total. The van der Waals surface area contributed by atoms with E-state index in [4.69, 9.17) is 17.3 Å². The number of carbonyl (C=O) groups is 3. The fourth-order valence-corrected chi connectivity index (χ4v) is 3.00. The third-order valence-corrected chi connectivity index (χ3v) is 4.91. The van der Waals surface area contributed by atoms with Gasteiger partial charge in [0.2, 0.25) is 11.8 Å². The van der Waals surface area contributed by atoms with Crippen molar-refractivity contribution >= 4 is 29.3 Å². The maximum Gasteiger partial charge on any atom is 0.251 e. The highest BCUT2D eigenvalue weighted by molar-refractivity contribution is 6.30. The lowest BCUT2D eigenvalue weighted by atomic mass is 9.97. The van der Waals surface area contributed by atoms with E-state index in [-0.39, 0.29) is 24.7 Å². The molecule has 0 unspecified atom stereocenters. The predicted octanol–water partition coefficient (Wildman–Crippen LogP) is 2.69. The molecule has 0 aliphatic rings. The number of nitrogens with one attached hydrogen (secondary N) is 2. The summed E-state index contributed by atoms with van der Waals surface area (Å²) in [7, 11) is 0. The molecular formula is C22H25ClFN3O3. The maximum absolute atomic E-state index is 13.1. The van der Waals surface area contributed by atoms with Gasteiger partial charge in [0.1, 0.15) is 11.9 Å². The fraction of sp³-hybridized carbons (Fsp3) is 0.318. The summed E-state index contributed by atoms with van der Waals surface area (Å²) in [6.45, 7) is 3.61. The number of carbonyl (C=O) groups excluding carboxylic acids is 3. The topological polar surface area (TPSA) is 101 Å². The molecule has 30 heavy (non-hydrogen) atoms. The van der Waals surface area contributed by atoms with Crippen LogP contribution in [-0.2, 0) is 16.0 Å². The van der Waals surface area contributed by atoms with E-state index in [0.717, 1.165) is 5.56 Å². The molecule has 0 saturated carbocycles. The number of primary amides is 1. The Bertz CT molecular complexity index is 886. The standard InChI is InChI=1S/C22H25ClFN3O3/c1-13(2)19(27-21(29)15-5-7-17(23)8-6-15)22(30)26-12-16(20(25)28)11-14-3-9-18(24)10-4-14/h3-10,13,16,19H,11-12H2,1-2H3,(H2,25,28)(H,26,30)(H,27,29)/t16-,19-/m0/s1. The van der Waals surface area contributed by atoms with Gasteiger partial charge in [-0.2, -0.15) is 0 Å². The van der Waals surface area contributed by atoms with Crippen molar-refractivity contribution in [2.75, 3.05) is 6.54 Å².